The molecule has 0 radical (unpaired) electrons. The number of hydrogen-bond donors (Lipinski definition) is 2. The molecular weight excluding hydrogens is 292 g/mol. The minimum atomic E-state index is -0.594. The monoisotopic (exact) mass is 312 g/mol. The Hall–Kier alpha value is -1.30. The van der Waals surface area contributed by atoms with Crippen molar-refractivity contribution in [3.8, 4) is 5.75 Å². The van der Waals surface area contributed by atoms with Crippen LogP contribution in [0.3, 0.4) is 0 Å². The maximum atomic E-state index is 11.4. The molecule has 0 bridgehead atoms. The molecule has 2 unspecified atom stereocenters. The summed E-state index contributed by atoms with van der Waals surface area (Å²) in [6.07, 6.45) is 0.781. The number of rotatable bonds is 6. The lowest BCUT2D eigenvalue weighted by atomic mass is 10.1. The van der Waals surface area contributed by atoms with Crippen molar-refractivity contribution in [3.63, 3.8) is 0 Å². The van der Waals surface area contributed by atoms with Crippen molar-refractivity contribution in [1.29, 1.82) is 0 Å². The molecule has 1 aliphatic heterocycles. The van der Waals surface area contributed by atoms with E-state index in [9.17, 15) is 9.90 Å². The van der Waals surface area contributed by atoms with Crippen molar-refractivity contribution in [3.05, 3.63) is 29.3 Å². The van der Waals surface area contributed by atoms with E-state index in [-0.39, 0.29) is 18.6 Å². The van der Waals surface area contributed by atoms with Crippen LogP contribution in [0.2, 0.25) is 5.02 Å². The first-order valence-electron chi connectivity index (χ1n) is 7.08. The lowest BCUT2D eigenvalue weighted by Gasteiger charge is -2.30. The van der Waals surface area contributed by atoms with Crippen LogP contribution in [0.15, 0.2) is 24.3 Å². The van der Waals surface area contributed by atoms with E-state index in [1.54, 1.807) is 36.2 Å². The zero-order valence-corrected chi connectivity index (χ0v) is 12.8. The molecule has 0 spiro atoms. The Morgan fingerprint density at radius 2 is 2.19 bits per heavy atom. The number of halogens is 1. The third-order valence-corrected chi connectivity index (χ3v) is 3.78. The van der Waals surface area contributed by atoms with Crippen LogP contribution in [-0.2, 0) is 4.79 Å². The molecule has 2 rings (SSSR count). The van der Waals surface area contributed by atoms with Gasteiger partial charge in [0.25, 0.3) is 0 Å². The largest absolute Gasteiger partial charge is 0.491 e. The molecule has 116 valence electrons. The zero-order valence-electron chi connectivity index (χ0n) is 12.1. The molecule has 5 nitrogen and oxygen atoms in total. The van der Waals surface area contributed by atoms with Gasteiger partial charge in [0.15, 0.2) is 0 Å². The number of aliphatic hydroxyl groups is 1. The van der Waals surface area contributed by atoms with E-state index >= 15 is 0 Å². The summed E-state index contributed by atoms with van der Waals surface area (Å²) in [7, 11) is 1.80. The third-order valence-electron chi connectivity index (χ3n) is 3.52. The summed E-state index contributed by atoms with van der Waals surface area (Å²) in [6, 6.07) is 7.26. The normalized spacial score (nSPS) is 20.4. The highest BCUT2D eigenvalue weighted by molar-refractivity contribution is 6.30. The van der Waals surface area contributed by atoms with Crippen LogP contribution in [0.5, 0.6) is 5.75 Å². The Labute approximate surface area is 129 Å². The molecule has 1 saturated heterocycles. The number of nitrogens with one attached hydrogen (secondary N) is 1. The maximum Gasteiger partial charge on any atom is 0.222 e. The molecule has 1 aromatic carbocycles. The Morgan fingerprint density at radius 1 is 1.48 bits per heavy atom. The van der Waals surface area contributed by atoms with Gasteiger partial charge < -0.3 is 20.1 Å². The summed E-state index contributed by atoms with van der Waals surface area (Å²) in [4.78, 5) is 13.1. The smallest absolute Gasteiger partial charge is 0.222 e. The minimum Gasteiger partial charge on any atom is -0.491 e. The summed E-state index contributed by atoms with van der Waals surface area (Å²) in [6.45, 7) is 1.35. The van der Waals surface area contributed by atoms with Gasteiger partial charge in [-0.1, -0.05) is 11.6 Å². The number of benzene rings is 1. The molecule has 1 aromatic rings. The summed E-state index contributed by atoms with van der Waals surface area (Å²) in [5, 5.41) is 13.8. The Balaban J connectivity index is 1.66. The molecule has 0 aliphatic carbocycles. The van der Waals surface area contributed by atoms with Crippen LogP contribution < -0.4 is 10.1 Å². The standard InChI is InChI=1S/C15H21ClN2O3/c1-18-9-12(4-7-15(18)20)17-8-13(19)10-21-14-5-2-11(16)3-6-14/h2-3,5-6,12-13,17,19H,4,7-10H2,1H3. The molecule has 0 saturated carbocycles. The first-order chi connectivity index (χ1) is 10.0. The average molecular weight is 313 g/mol. The van der Waals surface area contributed by atoms with E-state index in [4.69, 9.17) is 16.3 Å². The molecular formula is C15H21ClN2O3. The number of hydrogen-bond acceptors (Lipinski definition) is 4. The van der Waals surface area contributed by atoms with Crippen molar-refractivity contribution < 1.29 is 14.6 Å². The quantitative estimate of drug-likeness (QED) is 0.831. The van der Waals surface area contributed by atoms with Crippen molar-refractivity contribution in [2.75, 3.05) is 26.7 Å². The number of likely N-dealkylation sites (tertiary alicyclic amines) is 1. The Bertz CT molecular complexity index is 466. The van der Waals surface area contributed by atoms with Gasteiger partial charge in [-0.3, -0.25) is 4.79 Å². The molecule has 1 fully saturated rings. The van der Waals surface area contributed by atoms with E-state index in [1.807, 2.05) is 0 Å². The predicted octanol–water partition coefficient (Wildman–Crippen LogP) is 1.29. The summed E-state index contributed by atoms with van der Waals surface area (Å²) in [5.41, 5.74) is 0. The van der Waals surface area contributed by atoms with Crippen LogP contribution in [0.1, 0.15) is 12.8 Å². The van der Waals surface area contributed by atoms with Crippen molar-refractivity contribution in [2.24, 2.45) is 0 Å². The molecule has 6 heteroatoms. The number of piperidine rings is 1. The fraction of sp³-hybridized carbons (Fsp3) is 0.533. The van der Waals surface area contributed by atoms with Gasteiger partial charge in [-0.2, -0.15) is 0 Å². The molecule has 21 heavy (non-hydrogen) atoms. The van der Waals surface area contributed by atoms with Crippen molar-refractivity contribution >= 4 is 17.5 Å². The lowest BCUT2D eigenvalue weighted by molar-refractivity contribution is -0.132. The molecule has 1 heterocycles. The second-order valence-corrected chi connectivity index (χ2v) is 5.77. The Morgan fingerprint density at radius 3 is 2.86 bits per heavy atom. The van der Waals surface area contributed by atoms with E-state index in [2.05, 4.69) is 5.32 Å². The first-order valence-corrected chi connectivity index (χ1v) is 7.46. The van der Waals surface area contributed by atoms with Gasteiger partial charge in [0, 0.05) is 37.6 Å². The molecule has 2 atom stereocenters. The number of carbonyl (C=O) groups is 1. The van der Waals surface area contributed by atoms with Gasteiger partial charge in [0.05, 0.1) is 0 Å². The van der Waals surface area contributed by atoms with E-state index in [1.165, 1.54) is 0 Å². The second-order valence-electron chi connectivity index (χ2n) is 5.34. The number of ether oxygens (including phenoxy) is 1. The summed E-state index contributed by atoms with van der Waals surface area (Å²) in [5.74, 6) is 0.862. The lowest BCUT2D eigenvalue weighted by Crippen LogP contribution is -2.48. The fourth-order valence-electron chi connectivity index (χ4n) is 2.26. The number of amides is 1. The second kappa shape index (κ2) is 7.64. The molecule has 1 amide bonds. The maximum absolute atomic E-state index is 11.4. The molecule has 2 N–H and O–H groups in total. The van der Waals surface area contributed by atoms with Crippen molar-refractivity contribution in [1.82, 2.24) is 10.2 Å². The number of carbonyl (C=O) groups excluding carboxylic acids is 1. The van der Waals surface area contributed by atoms with E-state index in [0.29, 0.717) is 30.3 Å². The van der Waals surface area contributed by atoms with Crippen molar-refractivity contribution in [2.45, 2.75) is 25.0 Å². The van der Waals surface area contributed by atoms with Gasteiger partial charge in [0.2, 0.25) is 5.91 Å². The average Bonchev–Trinajstić information content (AvgIpc) is 2.48. The van der Waals surface area contributed by atoms with E-state index in [0.717, 1.165) is 6.42 Å². The number of likely N-dealkylation sites (N-methyl/N-ethyl adjacent to an activating group) is 1. The van der Waals surface area contributed by atoms with Gasteiger partial charge in [-0.25, -0.2) is 0 Å². The van der Waals surface area contributed by atoms with Gasteiger partial charge in [-0.15, -0.1) is 0 Å². The highest BCUT2D eigenvalue weighted by Gasteiger charge is 2.22. The SMILES string of the molecule is CN1CC(NCC(O)COc2ccc(Cl)cc2)CCC1=O. The van der Waals surface area contributed by atoms with Crippen LogP contribution >= 0.6 is 11.6 Å². The highest BCUT2D eigenvalue weighted by Crippen LogP contribution is 2.15. The third kappa shape index (κ3) is 5.19. The minimum absolute atomic E-state index is 0.180. The van der Waals surface area contributed by atoms with Gasteiger partial charge in [0.1, 0.15) is 18.5 Å². The van der Waals surface area contributed by atoms with Crippen LogP contribution in [0.4, 0.5) is 0 Å². The van der Waals surface area contributed by atoms with Crippen LogP contribution in [0.25, 0.3) is 0 Å². The molecule has 1 aliphatic rings. The van der Waals surface area contributed by atoms with E-state index < -0.39 is 6.10 Å². The summed E-state index contributed by atoms with van der Waals surface area (Å²) < 4.78 is 5.49. The first kappa shape index (κ1) is 16.1. The van der Waals surface area contributed by atoms with Crippen LogP contribution in [-0.4, -0.2) is 54.8 Å². The molecule has 0 aromatic heterocycles. The highest BCUT2D eigenvalue weighted by atomic mass is 35.5. The van der Waals surface area contributed by atoms with Gasteiger partial charge >= 0.3 is 0 Å². The predicted molar refractivity (Wildman–Crippen MR) is 81.6 cm³/mol. The number of nitrogens with zero attached hydrogens (tertiary/aromatic N) is 1. The van der Waals surface area contributed by atoms with Crippen LogP contribution in [0, 0.1) is 0 Å². The fourth-order valence-corrected chi connectivity index (χ4v) is 2.39. The number of aliphatic hydroxyl groups excluding tert-OH is 1. The zero-order chi connectivity index (χ0) is 15.2. The summed E-state index contributed by atoms with van der Waals surface area (Å²) >= 11 is 5.79. The Kier molecular flexibility index (Phi) is 5.85. The topological polar surface area (TPSA) is 61.8 Å². The van der Waals surface area contributed by atoms with Gasteiger partial charge in [-0.05, 0) is 30.7 Å².